The van der Waals surface area contributed by atoms with Crippen LogP contribution in [-0.2, 0) is 14.4 Å². The average Bonchev–Trinajstić information content (AvgIpc) is 2.58. The summed E-state index contributed by atoms with van der Waals surface area (Å²) >= 11 is 0. The van der Waals surface area contributed by atoms with Gasteiger partial charge >= 0.3 is 0 Å². The number of nitrogens with zero attached hydrogens (tertiary/aromatic N) is 1. The number of carbonyl (C=O) groups excluding carboxylic acids is 3. The summed E-state index contributed by atoms with van der Waals surface area (Å²) in [5.41, 5.74) is 0.819. The predicted octanol–water partition coefficient (Wildman–Crippen LogP) is -0.484. The van der Waals surface area contributed by atoms with E-state index in [0.29, 0.717) is 13.0 Å². The molecule has 2 aliphatic heterocycles. The van der Waals surface area contributed by atoms with E-state index in [0.717, 1.165) is 5.70 Å². The van der Waals surface area contributed by atoms with Gasteiger partial charge < -0.3 is 10.2 Å². The van der Waals surface area contributed by atoms with Crippen molar-refractivity contribution in [2.45, 2.75) is 38.8 Å². The first-order valence-corrected chi connectivity index (χ1v) is 6.09. The molecule has 0 radical (unpaired) electrons. The molecule has 2 heterocycles. The maximum atomic E-state index is 11.8. The monoisotopic (exact) mass is 251 g/mol. The van der Waals surface area contributed by atoms with Crippen molar-refractivity contribution in [3.05, 3.63) is 11.8 Å². The summed E-state index contributed by atoms with van der Waals surface area (Å²) in [6, 6.07) is -0.288. The van der Waals surface area contributed by atoms with Crippen LogP contribution < -0.4 is 10.6 Å². The standard InChI is InChI=1S/C12H17N3O3/c1-7(2)13-8-5-11(17)15(6-8)9-3-4-10(16)14-12(9)18/h5,7,9,13H,3-4,6H2,1-2H3,(H,14,16,18). The van der Waals surface area contributed by atoms with Crippen molar-refractivity contribution in [3.63, 3.8) is 0 Å². The normalized spacial score (nSPS) is 24.4. The average molecular weight is 251 g/mol. The summed E-state index contributed by atoms with van der Waals surface area (Å²) in [4.78, 5) is 36.1. The fourth-order valence-electron chi connectivity index (χ4n) is 2.24. The molecule has 1 unspecified atom stereocenters. The Balaban J connectivity index is 2.02. The van der Waals surface area contributed by atoms with Crippen LogP contribution in [0.4, 0.5) is 0 Å². The third kappa shape index (κ3) is 2.52. The van der Waals surface area contributed by atoms with E-state index in [-0.39, 0.29) is 30.2 Å². The molecule has 0 aromatic rings. The Morgan fingerprint density at radius 1 is 1.39 bits per heavy atom. The van der Waals surface area contributed by atoms with Crippen molar-refractivity contribution < 1.29 is 14.4 Å². The van der Waals surface area contributed by atoms with Gasteiger partial charge in [-0.05, 0) is 20.3 Å². The molecule has 0 aromatic carbocycles. The first kappa shape index (κ1) is 12.6. The highest BCUT2D eigenvalue weighted by Gasteiger charge is 2.36. The Kier molecular flexibility index (Phi) is 3.36. The molecule has 98 valence electrons. The van der Waals surface area contributed by atoms with Crippen molar-refractivity contribution in [1.82, 2.24) is 15.5 Å². The van der Waals surface area contributed by atoms with Gasteiger partial charge in [-0.15, -0.1) is 0 Å². The lowest BCUT2D eigenvalue weighted by Gasteiger charge is -2.29. The molecule has 3 amide bonds. The van der Waals surface area contributed by atoms with Gasteiger partial charge in [0.1, 0.15) is 6.04 Å². The molecule has 0 bridgehead atoms. The number of carbonyl (C=O) groups is 3. The van der Waals surface area contributed by atoms with Crippen LogP contribution in [0.1, 0.15) is 26.7 Å². The van der Waals surface area contributed by atoms with Crippen molar-refractivity contribution in [3.8, 4) is 0 Å². The van der Waals surface area contributed by atoms with E-state index in [4.69, 9.17) is 0 Å². The van der Waals surface area contributed by atoms with Crippen LogP contribution in [0.5, 0.6) is 0 Å². The first-order valence-electron chi connectivity index (χ1n) is 6.09. The van der Waals surface area contributed by atoms with E-state index in [1.54, 1.807) is 0 Å². The fourth-order valence-corrected chi connectivity index (χ4v) is 2.24. The minimum absolute atomic E-state index is 0.173. The highest BCUT2D eigenvalue weighted by Crippen LogP contribution is 2.18. The van der Waals surface area contributed by atoms with Gasteiger partial charge in [-0.1, -0.05) is 0 Å². The van der Waals surface area contributed by atoms with Gasteiger partial charge in [0.15, 0.2) is 0 Å². The molecule has 2 rings (SSSR count). The maximum absolute atomic E-state index is 11.8. The van der Waals surface area contributed by atoms with Crippen LogP contribution in [0.2, 0.25) is 0 Å². The second-order valence-corrected chi connectivity index (χ2v) is 4.90. The van der Waals surface area contributed by atoms with Crippen LogP contribution in [0, 0.1) is 0 Å². The number of hydrogen-bond acceptors (Lipinski definition) is 4. The summed E-state index contributed by atoms with van der Waals surface area (Å²) in [7, 11) is 0. The summed E-state index contributed by atoms with van der Waals surface area (Å²) < 4.78 is 0. The fraction of sp³-hybridized carbons (Fsp3) is 0.583. The molecule has 6 nitrogen and oxygen atoms in total. The molecule has 1 atom stereocenters. The van der Waals surface area contributed by atoms with Gasteiger partial charge in [-0.2, -0.15) is 0 Å². The summed E-state index contributed by atoms with van der Waals surface area (Å²) in [5, 5.41) is 5.43. The Labute approximate surface area is 105 Å². The smallest absolute Gasteiger partial charge is 0.249 e. The SMILES string of the molecule is CC(C)NC1=CC(=O)N(C2CCC(=O)NC2=O)C1. The lowest BCUT2D eigenvalue weighted by atomic mass is 10.0. The molecule has 0 spiro atoms. The molecule has 0 aromatic heterocycles. The number of piperidine rings is 1. The Bertz CT molecular complexity index is 428. The number of rotatable bonds is 3. The van der Waals surface area contributed by atoms with Crippen LogP contribution in [0.25, 0.3) is 0 Å². The van der Waals surface area contributed by atoms with Gasteiger partial charge in [-0.25, -0.2) is 0 Å². The van der Waals surface area contributed by atoms with Gasteiger partial charge in [0.05, 0.1) is 6.54 Å². The molecule has 1 saturated heterocycles. The number of nitrogens with one attached hydrogen (secondary N) is 2. The van der Waals surface area contributed by atoms with Crippen LogP contribution in [0.3, 0.4) is 0 Å². The largest absolute Gasteiger partial charge is 0.385 e. The summed E-state index contributed by atoms with van der Waals surface area (Å²) in [6.07, 6.45) is 2.20. The van der Waals surface area contributed by atoms with Crippen LogP contribution in [0.15, 0.2) is 11.8 Å². The van der Waals surface area contributed by atoms with Crippen LogP contribution >= 0.6 is 0 Å². The van der Waals surface area contributed by atoms with E-state index in [1.165, 1.54) is 11.0 Å². The topological polar surface area (TPSA) is 78.5 Å². The lowest BCUT2D eigenvalue weighted by molar-refractivity contribution is -0.142. The number of amides is 3. The van der Waals surface area contributed by atoms with Crippen molar-refractivity contribution in [1.29, 1.82) is 0 Å². The first-order chi connectivity index (χ1) is 8.47. The second-order valence-electron chi connectivity index (χ2n) is 4.90. The molecular weight excluding hydrogens is 234 g/mol. The minimum atomic E-state index is -0.530. The Hall–Kier alpha value is -1.85. The molecule has 1 fully saturated rings. The number of hydrogen-bond donors (Lipinski definition) is 2. The van der Waals surface area contributed by atoms with E-state index in [2.05, 4.69) is 10.6 Å². The van der Waals surface area contributed by atoms with E-state index in [1.807, 2.05) is 13.8 Å². The molecule has 6 heteroatoms. The molecule has 18 heavy (non-hydrogen) atoms. The summed E-state index contributed by atoms with van der Waals surface area (Å²) in [6.45, 7) is 4.38. The molecule has 0 saturated carbocycles. The van der Waals surface area contributed by atoms with Crippen molar-refractivity contribution in [2.75, 3.05) is 6.54 Å². The lowest BCUT2D eigenvalue weighted by Crippen LogP contribution is -2.53. The molecule has 0 aliphatic carbocycles. The molecular formula is C12H17N3O3. The Morgan fingerprint density at radius 2 is 2.11 bits per heavy atom. The zero-order valence-corrected chi connectivity index (χ0v) is 10.5. The summed E-state index contributed by atoms with van der Waals surface area (Å²) in [5.74, 6) is -0.817. The second kappa shape index (κ2) is 4.80. The van der Waals surface area contributed by atoms with Crippen LogP contribution in [-0.4, -0.2) is 41.2 Å². The zero-order valence-electron chi connectivity index (χ0n) is 10.5. The van der Waals surface area contributed by atoms with Crippen molar-refractivity contribution >= 4 is 17.7 Å². The number of imide groups is 1. The third-order valence-electron chi connectivity index (χ3n) is 2.98. The predicted molar refractivity (Wildman–Crippen MR) is 64.2 cm³/mol. The molecule has 2 aliphatic rings. The van der Waals surface area contributed by atoms with Crippen molar-refractivity contribution in [2.24, 2.45) is 0 Å². The highest BCUT2D eigenvalue weighted by atomic mass is 16.2. The zero-order chi connectivity index (χ0) is 13.3. The van der Waals surface area contributed by atoms with Gasteiger partial charge in [-0.3, -0.25) is 19.7 Å². The van der Waals surface area contributed by atoms with Gasteiger partial charge in [0, 0.05) is 24.2 Å². The third-order valence-corrected chi connectivity index (χ3v) is 2.98. The minimum Gasteiger partial charge on any atom is -0.385 e. The quantitative estimate of drug-likeness (QED) is 0.664. The highest BCUT2D eigenvalue weighted by molar-refractivity contribution is 6.03. The molecule has 2 N–H and O–H groups in total. The van der Waals surface area contributed by atoms with E-state index in [9.17, 15) is 14.4 Å². The van der Waals surface area contributed by atoms with Gasteiger partial charge in [0.25, 0.3) is 0 Å². The van der Waals surface area contributed by atoms with Gasteiger partial charge in [0.2, 0.25) is 17.7 Å². The Morgan fingerprint density at radius 3 is 2.72 bits per heavy atom. The maximum Gasteiger partial charge on any atom is 0.249 e. The van der Waals surface area contributed by atoms with E-state index >= 15 is 0 Å². The van der Waals surface area contributed by atoms with E-state index < -0.39 is 6.04 Å².